The summed E-state index contributed by atoms with van der Waals surface area (Å²) in [5.74, 6) is 0.781. The van der Waals surface area contributed by atoms with Crippen molar-refractivity contribution in [3.8, 4) is 5.75 Å². The van der Waals surface area contributed by atoms with E-state index in [2.05, 4.69) is 15.3 Å². The fourth-order valence-corrected chi connectivity index (χ4v) is 2.97. The van der Waals surface area contributed by atoms with E-state index in [1.165, 1.54) is 0 Å². The molecule has 0 saturated carbocycles. The van der Waals surface area contributed by atoms with Crippen LogP contribution in [0.3, 0.4) is 0 Å². The van der Waals surface area contributed by atoms with Gasteiger partial charge in [-0.1, -0.05) is 18.2 Å². The lowest BCUT2D eigenvalue weighted by molar-refractivity contribution is -0.121. The van der Waals surface area contributed by atoms with Crippen LogP contribution in [-0.4, -0.2) is 36.2 Å². The Hall–Kier alpha value is -3.06. The van der Waals surface area contributed by atoms with E-state index in [4.69, 9.17) is 9.47 Å². The number of rotatable bonds is 10. The van der Waals surface area contributed by atoms with E-state index in [0.717, 1.165) is 40.8 Å². The van der Waals surface area contributed by atoms with Gasteiger partial charge in [0, 0.05) is 20.1 Å². The molecule has 0 bridgehead atoms. The predicted octanol–water partition coefficient (Wildman–Crippen LogP) is 2.52. The van der Waals surface area contributed by atoms with Crippen LogP contribution in [0.2, 0.25) is 0 Å². The number of carbonyl (C=O) groups is 1. The first-order valence-corrected chi connectivity index (χ1v) is 9.32. The van der Waals surface area contributed by atoms with Gasteiger partial charge in [0.2, 0.25) is 5.91 Å². The zero-order valence-corrected chi connectivity index (χ0v) is 15.9. The van der Waals surface area contributed by atoms with E-state index in [0.29, 0.717) is 26.2 Å². The van der Waals surface area contributed by atoms with Gasteiger partial charge in [0.05, 0.1) is 17.6 Å². The van der Waals surface area contributed by atoms with Crippen molar-refractivity contribution < 1.29 is 14.3 Å². The number of aryl methyl sites for hydroxylation is 1. The first kappa shape index (κ1) is 19.7. The van der Waals surface area contributed by atoms with Gasteiger partial charge in [-0.05, 0) is 48.2 Å². The molecule has 28 heavy (non-hydrogen) atoms. The third-order valence-corrected chi connectivity index (χ3v) is 4.39. The average molecular weight is 383 g/mol. The number of amides is 1. The number of benzene rings is 2. The second-order valence-corrected chi connectivity index (χ2v) is 6.58. The molecule has 0 aliphatic carbocycles. The largest absolute Gasteiger partial charge is 0.491 e. The van der Waals surface area contributed by atoms with E-state index in [9.17, 15) is 9.59 Å². The van der Waals surface area contributed by atoms with Crippen LogP contribution < -0.4 is 15.7 Å². The van der Waals surface area contributed by atoms with E-state index < -0.39 is 0 Å². The van der Waals surface area contributed by atoms with E-state index in [1.54, 1.807) is 7.11 Å². The number of nitrogens with one attached hydrogen (secondary N) is 3. The lowest BCUT2D eigenvalue weighted by Gasteiger charge is -2.09. The van der Waals surface area contributed by atoms with Crippen molar-refractivity contribution in [1.29, 1.82) is 0 Å². The summed E-state index contributed by atoms with van der Waals surface area (Å²) in [5, 5.41) is 2.94. The van der Waals surface area contributed by atoms with Crippen LogP contribution in [-0.2, 0) is 22.5 Å². The van der Waals surface area contributed by atoms with Crippen molar-refractivity contribution in [2.45, 2.75) is 25.8 Å². The molecule has 0 aliphatic heterocycles. The number of hydrogen-bond acceptors (Lipinski definition) is 4. The highest BCUT2D eigenvalue weighted by molar-refractivity contribution is 5.76. The van der Waals surface area contributed by atoms with Crippen molar-refractivity contribution in [2.24, 2.45) is 0 Å². The number of hydrogen-bond donors (Lipinski definition) is 3. The summed E-state index contributed by atoms with van der Waals surface area (Å²) in [7, 11) is 1.63. The van der Waals surface area contributed by atoms with Gasteiger partial charge in [0.1, 0.15) is 12.4 Å². The maximum Gasteiger partial charge on any atom is 0.323 e. The highest BCUT2D eigenvalue weighted by Crippen LogP contribution is 2.14. The van der Waals surface area contributed by atoms with Crippen LogP contribution in [0.4, 0.5) is 0 Å². The molecule has 0 saturated heterocycles. The molecule has 3 aromatic rings. The molecule has 7 nitrogen and oxygen atoms in total. The number of imidazole rings is 1. The number of aromatic amines is 2. The molecular weight excluding hydrogens is 358 g/mol. The van der Waals surface area contributed by atoms with Crippen LogP contribution >= 0.6 is 0 Å². The molecule has 1 aromatic heterocycles. The normalized spacial score (nSPS) is 10.9. The molecule has 1 heterocycles. The monoisotopic (exact) mass is 383 g/mol. The van der Waals surface area contributed by atoms with E-state index >= 15 is 0 Å². The average Bonchev–Trinajstić information content (AvgIpc) is 3.06. The number of aromatic nitrogens is 2. The zero-order valence-electron chi connectivity index (χ0n) is 15.9. The molecule has 1 amide bonds. The van der Waals surface area contributed by atoms with Crippen molar-refractivity contribution in [2.75, 3.05) is 20.3 Å². The van der Waals surface area contributed by atoms with Crippen LogP contribution in [0.5, 0.6) is 5.75 Å². The third kappa shape index (κ3) is 5.72. The maximum atomic E-state index is 12.1. The lowest BCUT2D eigenvalue weighted by Crippen LogP contribution is -2.22. The minimum absolute atomic E-state index is 0.0156. The molecule has 3 N–H and O–H groups in total. The van der Waals surface area contributed by atoms with Gasteiger partial charge in [-0.15, -0.1) is 0 Å². The van der Waals surface area contributed by atoms with E-state index in [-0.39, 0.29) is 11.6 Å². The van der Waals surface area contributed by atoms with Crippen LogP contribution in [0.15, 0.2) is 47.3 Å². The van der Waals surface area contributed by atoms with Crippen molar-refractivity contribution in [3.05, 3.63) is 64.1 Å². The second-order valence-electron chi connectivity index (χ2n) is 6.58. The van der Waals surface area contributed by atoms with Crippen LogP contribution in [0.1, 0.15) is 24.0 Å². The van der Waals surface area contributed by atoms with Crippen LogP contribution in [0.25, 0.3) is 11.0 Å². The molecule has 0 atom stereocenters. The smallest absolute Gasteiger partial charge is 0.323 e. The molecular formula is C21H25N3O4. The van der Waals surface area contributed by atoms with Gasteiger partial charge in [-0.2, -0.15) is 0 Å². The minimum Gasteiger partial charge on any atom is -0.491 e. The molecule has 0 unspecified atom stereocenters. The Balaban J connectivity index is 1.41. The van der Waals surface area contributed by atoms with Crippen molar-refractivity contribution in [1.82, 2.24) is 15.3 Å². The summed E-state index contributed by atoms with van der Waals surface area (Å²) >= 11 is 0. The van der Waals surface area contributed by atoms with Crippen LogP contribution in [0, 0.1) is 0 Å². The Morgan fingerprint density at radius 3 is 2.75 bits per heavy atom. The number of methoxy groups -OCH3 is 1. The molecule has 7 heteroatoms. The van der Waals surface area contributed by atoms with Crippen molar-refractivity contribution >= 4 is 16.9 Å². The Morgan fingerprint density at radius 2 is 1.89 bits per heavy atom. The summed E-state index contributed by atoms with van der Waals surface area (Å²) in [6, 6.07) is 13.5. The Kier molecular flexibility index (Phi) is 6.86. The molecule has 0 fully saturated rings. The molecule has 0 aliphatic rings. The van der Waals surface area contributed by atoms with Gasteiger partial charge >= 0.3 is 5.69 Å². The standard InChI is InChI=1S/C21H25N3O4/c1-27-10-11-28-17-6-2-5-16(12-17)14-22-20(25)7-3-4-15-8-9-18-19(13-15)24-21(26)23-18/h2,5-6,8-9,12-13H,3-4,7,10-11,14H2,1H3,(H,22,25)(H2,23,24,26). The fourth-order valence-electron chi connectivity index (χ4n) is 2.97. The van der Waals surface area contributed by atoms with Gasteiger partial charge in [-0.3, -0.25) is 4.79 Å². The Labute approximate surface area is 163 Å². The summed E-state index contributed by atoms with van der Waals surface area (Å²) in [6.45, 7) is 1.50. The van der Waals surface area contributed by atoms with Gasteiger partial charge < -0.3 is 24.8 Å². The SMILES string of the molecule is COCCOc1cccc(CNC(=O)CCCc2ccc3[nH]c(=O)[nH]c3c2)c1. The lowest BCUT2D eigenvalue weighted by atomic mass is 10.1. The van der Waals surface area contributed by atoms with Crippen molar-refractivity contribution in [3.63, 3.8) is 0 Å². The number of carbonyl (C=O) groups excluding carboxylic acids is 1. The highest BCUT2D eigenvalue weighted by Gasteiger charge is 2.05. The number of fused-ring (bicyclic) bond motifs is 1. The topological polar surface area (TPSA) is 96.2 Å². The van der Waals surface area contributed by atoms with Gasteiger partial charge in [0.15, 0.2) is 0 Å². The number of H-pyrrole nitrogens is 2. The summed E-state index contributed by atoms with van der Waals surface area (Å²) < 4.78 is 10.5. The Morgan fingerprint density at radius 1 is 1.04 bits per heavy atom. The first-order chi connectivity index (χ1) is 13.6. The molecule has 148 valence electrons. The second kappa shape index (κ2) is 9.75. The minimum atomic E-state index is -0.209. The summed E-state index contributed by atoms with van der Waals surface area (Å²) in [4.78, 5) is 28.9. The number of ether oxygens (including phenoxy) is 2. The van der Waals surface area contributed by atoms with E-state index in [1.807, 2.05) is 42.5 Å². The maximum absolute atomic E-state index is 12.1. The molecule has 0 spiro atoms. The summed E-state index contributed by atoms with van der Waals surface area (Å²) in [5.41, 5.74) is 3.46. The molecule has 2 aromatic carbocycles. The fraction of sp³-hybridized carbons (Fsp3) is 0.333. The zero-order chi connectivity index (χ0) is 19.8. The van der Waals surface area contributed by atoms with Gasteiger partial charge in [0.25, 0.3) is 0 Å². The first-order valence-electron chi connectivity index (χ1n) is 9.32. The predicted molar refractivity (Wildman–Crippen MR) is 108 cm³/mol. The quantitative estimate of drug-likeness (QED) is 0.469. The van der Waals surface area contributed by atoms with Gasteiger partial charge in [-0.25, -0.2) is 4.79 Å². The molecule has 0 radical (unpaired) electrons. The third-order valence-electron chi connectivity index (χ3n) is 4.39. The Bertz CT molecular complexity index is 977. The molecule has 3 rings (SSSR count). The highest BCUT2D eigenvalue weighted by atomic mass is 16.5. The summed E-state index contributed by atoms with van der Waals surface area (Å²) in [6.07, 6.45) is 1.97.